The topological polar surface area (TPSA) is 0 Å². The Labute approximate surface area is 52.2 Å². The average molecular weight is 114 g/mol. The zero-order chi connectivity index (χ0) is 6.62. The first-order chi connectivity index (χ1) is 3.68. The average Bonchev–Trinajstić information content (AvgIpc) is 1.87. The van der Waals surface area contributed by atoms with E-state index >= 15 is 0 Å². The van der Waals surface area contributed by atoms with Crippen molar-refractivity contribution >= 4 is 0 Å². The fourth-order valence-corrected chi connectivity index (χ4v) is 0.482. The minimum absolute atomic E-state index is 0.972. The summed E-state index contributed by atoms with van der Waals surface area (Å²) < 4.78 is 0.972. The van der Waals surface area contributed by atoms with E-state index in [4.69, 9.17) is 0 Å². The van der Waals surface area contributed by atoms with Gasteiger partial charge in [0.1, 0.15) is 0 Å². The molecule has 0 aliphatic rings. The van der Waals surface area contributed by atoms with E-state index in [1.54, 1.807) is 0 Å². The van der Waals surface area contributed by atoms with Crippen molar-refractivity contribution in [2.24, 2.45) is 0 Å². The van der Waals surface area contributed by atoms with E-state index in [2.05, 4.69) is 27.5 Å². The van der Waals surface area contributed by atoms with Crippen molar-refractivity contribution in [2.75, 3.05) is 20.1 Å². The number of rotatable bonds is 3. The van der Waals surface area contributed by atoms with Crippen molar-refractivity contribution < 1.29 is 4.48 Å². The normalized spacial score (nSPS) is 11.4. The van der Waals surface area contributed by atoms with Crippen LogP contribution in [0, 0.1) is 0 Å². The van der Waals surface area contributed by atoms with Crippen LogP contribution in [0.1, 0.15) is 13.8 Å². The van der Waals surface area contributed by atoms with E-state index in [0.717, 1.165) is 17.6 Å². The fraction of sp³-hybridized carbons (Fsp3) is 0.714. The van der Waals surface area contributed by atoms with Crippen LogP contribution in [0.3, 0.4) is 0 Å². The molecule has 0 amide bonds. The largest absolute Gasteiger partial charge is 0.301 e. The lowest BCUT2D eigenvalue weighted by atomic mass is 10.4. The minimum atomic E-state index is 0.972. The molecule has 1 nitrogen and oxygen atoms in total. The van der Waals surface area contributed by atoms with Gasteiger partial charge in [-0.1, -0.05) is 0 Å². The maximum atomic E-state index is 3.75. The van der Waals surface area contributed by atoms with Gasteiger partial charge in [-0.15, -0.1) is 0 Å². The molecule has 0 aromatic rings. The van der Waals surface area contributed by atoms with Crippen LogP contribution in [0.15, 0.2) is 12.8 Å². The molecule has 0 heterocycles. The summed E-state index contributed by atoms with van der Waals surface area (Å²) in [5, 5.41) is 0. The third-order valence-electron chi connectivity index (χ3n) is 1.89. The van der Waals surface area contributed by atoms with Crippen LogP contribution < -0.4 is 0 Å². The Morgan fingerprint density at radius 3 is 1.75 bits per heavy atom. The van der Waals surface area contributed by atoms with E-state index in [-0.39, 0.29) is 0 Å². The van der Waals surface area contributed by atoms with Gasteiger partial charge in [0.25, 0.3) is 0 Å². The van der Waals surface area contributed by atoms with Gasteiger partial charge in [-0.05, 0) is 20.4 Å². The van der Waals surface area contributed by atoms with Gasteiger partial charge in [-0.3, -0.25) is 0 Å². The lowest BCUT2D eigenvalue weighted by Crippen LogP contribution is -2.36. The molecule has 0 radical (unpaired) electrons. The number of nitrogens with zero attached hydrogens (tertiary/aromatic N) is 1. The Hall–Kier alpha value is -0.300. The molecule has 0 rings (SSSR count). The van der Waals surface area contributed by atoms with Crippen molar-refractivity contribution in [3.63, 3.8) is 0 Å². The Kier molecular flexibility index (Phi) is 2.77. The van der Waals surface area contributed by atoms with Gasteiger partial charge in [-0.2, -0.15) is 0 Å². The smallest absolute Gasteiger partial charge is 0.0883 e. The molecule has 0 aromatic heterocycles. The monoisotopic (exact) mass is 114 g/mol. The third-order valence-corrected chi connectivity index (χ3v) is 1.89. The van der Waals surface area contributed by atoms with E-state index in [1.165, 1.54) is 0 Å². The molecule has 0 aromatic carbocycles. The van der Waals surface area contributed by atoms with Crippen LogP contribution in [-0.2, 0) is 0 Å². The quantitative estimate of drug-likeness (QED) is 0.489. The molecule has 0 aliphatic carbocycles. The van der Waals surface area contributed by atoms with Gasteiger partial charge in [-0.25, -0.2) is 0 Å². The Morgan fingerprint density at radius 1 is 1.38 bits per heavy atom. The Morgan fingerprint density at radius 2 is 1.75 bits per heavy atom. The lowest BCUT2D eigenvalue weighted by Gasteiger charge is -2.26. The van der Waals surface area contributed by atoms with Crippen molar-refractivity contribution in [1.29, 1.82) is 0 Å². The summed E-state index contributed by atoms with van der Waals surface area (Å²) in [6.45, 7) is 10.4. The van der Waals surface area contributed by atoms with Crippen molar-refractivity contribution in [2.45, 2.75) is 13.8 Å². The van der Waals surface area contributed by atoms with Crippen LogP contribution in [-0.4, -0.2) is 24.6 Å². The first-order valence-corrected chi connectivity index (χ1v) is 3.16. The molecule has 0 N–H and O–H groups in total. The first-order valence-electron chi connectivity index (χ1n) is 3.16. The second-order valence-corrected chi connectivity index (χ2v) is 2.29. The molecule has 0 saturated heterocycles. The summed E-state index contributed by atoms with van der Waals surface area (Å²) in [7, 11) is 2.17. The number of quaternary nitrogens is 1. The van der Waals surface area contributed by atoms with Crippen molar-refractivity contribution in [3.05, 3.63) is 12.8 Å². The second-order valence-electron chi connectivity index (χ2n) is 2.29. The maximum Gasteiger partial charge on any atom is 0.0883 e. The molecule has 0 unspecified atom stereocenters. The Bertz CT molecular complexity index is 72.5. The summed E-state index contributed by atoms with van der Waals surface area (Å²) in [5.41, 5.74) is 0. The van der Waals surface area contributed by atoms with Gasteiger partial charge in [0.15, 0.2) is 0 Å². The highest BCUT2D eigenvalue weighted by molar-refractivity contribution is 4.51. The number of hydrogen-bond donors (Lipinski definition) is 0. The lowest BCUT2D eigenvalue weighted by molar-refractivity contribution is -0.855. The molecule has 8 heavy (non-hydrogen) atoms. The van der Waals surface area contributed by atoms with Crippen molar-refractivity contribution in [1.82, 2.24) is 0 Å². The van der Waals surface area contributed by atoms with E-state index in [0.29, 0.717) is 0 Å². The third kappa shape index (κ3) is 1.66. The second kappa shape index (κ2) is 2.88. The molecular formula is C7H16N+. The van der Waals surface area contributed by atoms with Crippen LogP contribution >= 0.6 is 0 Å². The van der Waals surface area contributed by atoms with E-state index in [9.17, 15) is 0 Å². The van der Waals surface area contributed by atoms with Crippen molar-refractivity contribution in [3.8, 4) is 0 Å². The van der Waals surface area contributed by atoms with Gasteiger partial charge in [0, 0.05) is 0 Å². The standard InChI is InChI=1S/C7H16N/c1-5-8(4,6-2)7-3/h5H,1,6-7H2,2-4H3/q+1. The first kappa shape index (κ1) is 7.70. The van der Waals surface area contributed by atoms with Gasteiger partial charge >= 0.3 is 0 Å². The summed E-state index contributed by atoms with van der Waals surface area (Å²) in [6, 6.07) is 0. The molecule has 0 fully saturated rings. The van der Waals surface area contributed by atoms with Crippen LogP contribution in [0.5, 0.6) is 0 Å². The highest BCUT2D eigenvalue weighted by Gasteiger charge is 2.08. The molecule has 0 aliphatic heterocycles. The highest BCUT2D eigenvalue weighted by Crippen LogP contribution is 1.98. The van der Waals surface area contributed by atoms with Gasteiger partial charge in [0.2, 0.25) is 0 Å². The molecule has 0 saturated carbocycles. The minimum Gasteiger partial charge on any atom is -0.301 e. The summed E-state index contributed by atoms with van der Waals surface area (Å²) in [5.74, 6) is 0. The molecule has 1 heteroatoms. The predicted molar refractivity (Wildman–Crippen MR) is 37.5 cm³/mol. The fourth-order valence-electron chi connectivity index (χ4n) is 0.482. The Balaban J connectivity index is 3.76. The van der Waals surface area contributed by atoms with Gasteiger partial charge in [0.05, 0.1) is 26.3 Å². The molecule has 0 spiro atoms. The molecule has 0 atom stereocenters. The maximum absolute atomic E-state index is 3.75. The number of hydrogen-bond acceptors (Lipinski definition) is 0. The zero-order valence-electron chi connectivity index (χ0n) is 6.15. The molecule has 48 valence electrons. The van der Waals surface area contributed by atoms with E-state index in [1.807, 2.05) is 6.20 Å². The summed E-state index contributed by atoms with van der Waals surface area (Å²) in [6.07, 6.45) is 1.99. The SMILES string of the molecule is C=C[N+](C)(CC)CC. The highest BCUT2D eigenvalue weighted by atomic mass is 15.3. The van der Waals surface area contributed by atoms with Crippen LogP contribution in [0.4, 0.5) is 0 Å². The summed E-state index contributed by atoms with van der Waals surface area (Å²) in [4.78, 5) is 0. The zero-order valence-corrected chi connectivity index (χ0v) is 6.15. The molecular weight excluding hydrogens is 98.1 g/mol. The van der Waals surface area contributed by atoms with E-state index < -0.39 is 0 Å². The van der Waals surface area contributed by atoms with Crippen LogP contribution in [0.2, 0.25) is 0 Å². The van der Waals surface area contributed by atoms with Gasteiger partial charge < -0.3 is 4.48 Å². The summed E-state index contributed by atoms with van der Waals surface area (Å²) >= 11 is 0. The van der Waals surface area contributed by atoms with Crippen LogP contribution in [0.25, 0.3) is 0 Å². The predicted octanol–water partition coefficient (Wildman–Crippen LogP) is 1.62. The molecule has 0 bridgehead atoms.